The minimum atomic E-state index is -0.629. The van der Waals surface area contributed by atoms with Crippen LogP contribution >= 0.6 is 23.2 Å². The van der Waals surface area contributed by atoms with Crippen LogP contribution in [0.4, 0.5) is 0 Å². The number of carbonyl (C=O) groups excluding carboxylic acids is 2. The summed E-state index contributed by atoms with van der Waals surface area (Å²) in [5.41, 5.74) is 2.32. The van der Waals surface area contributed by atoms with Gasteiger partial charge in [-0.05, 0) is 47.9 Å². The van der Waals surface area contributed by atoms with Crippen molar-refractivity contribution in [2.75, 3.05) is 27.4 Å². The Labute approximate surface area is 172 Å². The highest BCUT2D eigenvalue weighted by atomic mass is 35.5. The third-order valence-corrected chi connectivity index (χ3v) is 5.29. The van der Waals surface area contributed by atoms with Gasteiger partial charge in [0.2, 0.25) is 0 Å². The quantitative estimate of drug-likeness (QED) is 0.685. The maximum atomic E-state index is 12.5. The van der Waals surface area contributed by atoms with E-state index in [9.17, 15) is 9.59 Å². The molecular formula is C20H19Cl2NO5. The third kappa shape index (κ3) is 4.34. The summed E-state index contributed by atoms with van der Waals surface area (Å²) >= 11 is 11.7. The van der Waals surface area contributed by atoms with Crippen molar-refractivity contribution in [3.8, 4) is 11.5 Å². The van der Waals surface area contributed by atoms with Gasteiger partial charge in [-0.2, -0.15) is 0 Å². The van der Waals surface area contributed by atoms with Crippen LogP contribution in [0, 0.1) is 0 Å². The molecule has 0 spiro atoms. The van der Waals surface area contributed by atoms with Gasteiger partial charge in [-0.25, -0.2) is 4.79 Å². The van der Waals surface area contributed by atoms with Gasteiger partial charge in [0.15, 0.2) is 18.1 Å². The molecule has 1 aliphatic heterocycles. The highest BCUT2D eigenvalue weighted by Crippen LogP contribution is 2.33. The number of esters is 1. The van der Waals surface area contributed by atoms with Gasteiger partial charge in [-0.3, -0.25) is 4.79 Å². The molecule has 0 aliphatic carbocycles. The summed E-state index contributed by atoms with van der Waals surface area (Å²) in [5.74, 6) is 0.378. The number of ether oxygens (including phenoxy) is 3. The number of carbonyl (C=O) groups is 2. The second-order valence-electron chi connectivity index (χ2n) is 6.25. The van der Waals surface area contributed by atoms with Gasteiger partial charge in [0, 0.05) is 13.1 Å². The highest BCUT2D eigenvalue weighted by Gasteiger charge is 2.24. The van der Waals surface area contributed by atoms with Crippen molar-refractivity contribution in [3.05, 3.63) is 57.1 Å². The Bertz CT molecular complexity index is 916. The van der Waals surface area contributed by atoms with Crippen LogP contribution in [0.25, 0.3) is 0 Å². The molecule has 28 heavy (non-hydrogen) atoms. The Morgan fingerprint density at radius 3 is 2.32 bits per heavy atom. The third-order valence-electron chi connectivity index (χ3n) is 4.55. The van der Waals surface area contributed by atoms with Gasteiger partial charge in [0.25, 0.3) is 5.91 Å². The summed E-state index contributed by atoms with van der Waals surface area (Å²) in [7, 11) is 3.16. The van der Waals surface area contributed by atoms with Crippen LogP contribution in [0.2, 0.25) is 10.0 Å². The SMILES string of the molecule is COc1cc2c(cc1OC)CN(C(=O)COC(=O)c1ccc(Cl)c(Cl)c1)CC2. The molecular weight excluding hydrogens is 405 g/mol. The van der Waals surface area contributed by atoms with Gasteiger partial charge in [0.1, 0.15) is 0 Å². The molecule has 8 heteroatoms. The average Bonchev–Trinajstić information content (AvgIpc) is 2.72. The molecule has 0 bridgehead atoms. The number of amides is 1. The monoisotopic (exact) mass is 423 g/mol. The van der Waals surface area contributed by atoms with Crippen molar-refractivity contribution in [1.82, 2.24) is 4.90 Å². The predicted molar refractivity (Wildman–Crippen MR) is 105 cm³/mol. The molecule has 0 atom stereocenters. The Morgan fingerprint density at radius 2 is 1.68 bits per heavy atom. The van der Waals surface area contributed by atoms with Crippen LogP contribution in [0.15, 0.2) is 30.3 Å². The second kappa shape index (κ2) is 8.71. The zero-order valence-electron chi connectivity index (χ0n) is 15.5. The van der Waals surface area contributed by atoms with E-state index in [1.807, 2.05) is 12.1 Å². The first-order valence-electron chi connectivity index (χ1n) is 8.56. The summed E-state index contributed by atoms with van der Waals surface area (Å²) in [5, 5.41) is 0.591. The topological polar surface area (TPSA) is 65.1 Å². The molecule has 148 valence electrons. The average molecular weight is 424 g/mol. The Kier molecular flexibility index (Phi) is 6.31. The number of nitrogens with zero attached hydrogens (tertiary/aromatic N) is 1. The van der Waals surface area contributed by atoms with E-state index in [0.29, 0.717) is 36.0 Å². The molecule has 0 N–H and O–H groups in total. The van der Waals surface area contributed by atoms with Crippen molar-refractivity contribution in [1.29, 1.82) is 0 Å². The van der Waals surface area contributed by atoms with Gasteiger partial charge in [-0.15, -0.1) is 0 Å². The molecule has 2 aromatic rings. The largest absolute Gasteiger partial charge is 0.493 e. The number of hydrogen-bond donors (Lipinski definition) is 0. The Balaban J connectivity index is 1.63. The summed E-state index contributed by atoms with van der Waals surface area (Å²) in [4.78, 5) is 26.3. The summed E-state index contributed by atoms with van der Waals surface area (Å²) < 4.78 is 15.8. The van der Waals surface area contributed by atoms with Gasteiger partial charge >= 0.3 is 5.97 Å². The fourth-order valence-corrected chi connectivity index (χ4v) is 3.32. The van der Waals surface area contributed by atoms with E-state index in [1.165, 1.54) is 18.2 Å². The van der Waals surface area contributed by atoms with Crippen LogP contribution in [0.5, 0.6) is 11.5 Å². The summed E-state index contributed by atoms with van der Waals surface area (Å²) in [6.45, 7) is 0.603. The highest BCUT2D eigenvalue weighted by molar-refractivity contribution is 6.42. The smallest absolute Gasteiger partial charge is 0.338 e. The molecule has 1 heterocycles. The van der Waals surface area contributed by atoms with Gasteiger partial charge in [-0.1, -0.05) is 23.2 Å². The lowest BCUT2D eigenvalue weighted by Crippen LogP contribution is -2.38. The summed E-state index contributed by atoms with van der Waals surface area (Å²) in [6.07, 6.45) is 0.683. The number of fused-ring (bicyclic) bond motifs is 1. The van der Waals surface area contributed by atoms with Gasteiger partial charge < -0.3 is 19.1 Å². The van der Waals surface area contributed by atoms with Crippen LogP contribution in [0.3, 0.4) is 0 Å². The van der Waals surface area contributed by atoms with Crippen LogP contribution in [-0.2, 0) is 22.5 Å². The number of rotatable bonds is 5. The lowest BCUT2D eigenvalue weighted by molar-refractivity contribution is -0.135. The normalized spacial score (nSPS) is 12.9. The lowest BCUT2D eigenvalue weighted by atomic mass is 9.99. The van der Waals surface area contributed by atoms with E-state index < -0.39 is 5.97 Å². The maximum absolute atomic E-state index is 12.5. The molecule has 0 saturated carbocycles. The Morgan fingerprint density at radius 1 is 1.00 bits per heavy atom. The zero-order valence-corrected chi connectivity index (χ0v) is 17.0. The molecule has 0 unspecified atom stereocenters. The minimum Gasteiger partial charge on any atom is -0.493 e. The van der Waals surface area contributed by atoms with Crippen molar-refractivity contribution < 1.29 is 23.8 Å². The number of benzene rings is 2. The fraction of sp³-hybridized carbons (Fsp3) is 0.300. The van der Waals surface area contributed by atoms with Gasteiger partial charge in [0.05, 0.1) is 29.8 Å². The van der Waals surface area contributed by atoms with Crippen molar-refractivity contribution in [3.63, 3.8) is 0 Å². The molecule has 0 radical (unpaired) electrons. The molecule has 0 saturated heterocycles. The number of methoxy groups -OCH3 is 2. The number of halogens is 2. The molecule has 0 fully saturated rings. The van der Waals surface area contributed by atoms with Crippen molar-refractivity contribution >= 4 is 35.1 Å². The molecule has 1 amide bonds. The molecule has 2 aromatic carbocycles. The first kappa shape index (κ1) is 20.3. The molecule has 6 nitrogen and oxygen atoms in total. The van der Waals surface area contributed by atoms with E-state index in [1.54, 1.807) is 19.1 Å². The maximum Gasteiger partial charge on any atom is 0.338 e. The molecule has 3 rings (SSSR count). The summed E-state index contributed by atoms with van der Waals surface area (Å²) in [6, 6.07) is 8.21. The van der Waals surface area contributed by atoms with Crippen molar-refractivity contribution in [2.45, 2.75) is 13.0 Å². The van der Waals surface area contributed by atoms with E-state index >= 15 is 0 Å². The second-order valence-corrected chi connectivity index (χ2v) is 7.06. The number of hydrogen-bond acceptors (Lipinski definition) is 5. The van der Waals surface area contributed by atoms with Crippen LogP contribution in [-0.4, -0.2) is 44.1 Å². The molecule has 1 aliphatic rings. The lowest BCUT2D eigenvalue weighted by Gasteiger charge is -2.29. The Hall–Kier alpha value is -2.44. The fourth-order valence-electron chi connectivity index (χ4n) is 3.02. The standard InChI is InChI=1S/C20H19Cl2NO5/c1-26-17-8-12-5-6-23(10-14(12)9-18(17)27-2)19(24)11-28-20(25)13-3-4-15(21)16(22)7-13/h3-4,7-9H,5-6,10-11H2,1-2H3. The zero-order chi connectivity index (χ0) is 20.3. The van der Waals surface area contributed by atoms with E-state index in [0.717, 1.165) is 11.1 Å². The van der Waals surface area contributed by atoms with E-state index in [-0.39, 0.29) is 23.1 Å². The predicted octanol–water partition coefficient (Wildman–Crippen LogP) is 3.75. The van der Waals surface area contributed by atoms with Crippen LogP contribution in [0.1, 0.15) is 21.5 Å². The minimum absolute atomic E-state index is 0.239. The van der Waals surface area contributed by atoms with Crippen molar-refractivity contribution in [2.24, 2.45) is 0 Å². The van der Waals surface area contributed by atoms with Crippen LogP contribution < -0.4 is 9.47 Å². The van der Waals surface area contributed by atoms with E-state index in [2.05, 4.69) is 0 Å². The first-order chi connectivity index (χ1) is 13.4. The van der Waals surface area contributed by atoms with E-state index in [4.69, 9.17) is 37.4 Å². The molecule has 0 aromatic heterocycles. The first-order valence-corrected chi connectivity index (χ1v) is 9.32.